The van der Waals surface area contributed by atoms with Gasteiger partial charge in [-0.25, -0.2) is 19.3 Å². The van der Waals surface area contributed by atoms with E-state index in [4.69, 9.17) is 4.74 Å². The minimum Gasteiger partial charge on any atom is -1.00 e. The number of rotatable bonds is 4. The molecule has 4 aromatic rings. The average Bonchev–Trinajstić information content (AvgIpc) is 3.45. The fraction of sp³-hybridized carbons (Fsp3) is 0.211. The molecule has 0 saturated carbocycles. The molecule has 1 fully saturated rings. The maximum absolute atomic E-state index is 9.69. The number of nitrogens with zero attached hydrogens (tertiary/aromatic N) is 8. The summed E-state index contributed by atoms with van der Waals surface area (Å²) in [6, 6.07) is 8.84. The second-order valence-corrected chi connectivity index (χ2v) is 6.52. The van der Waals surface area contributed by atoms with E-state index >= 15 is 0 Å². The molecular weight excluding hydrogens is 395 g/mol. The summed E-state index contributed by atoms with van der Waals surface area (Å²) in [5, 5.41) is 22.2. The molecule has 11 heteroatoms. The molecule has 0 spiro atoms. The molecule has 0 unspecified atom stereocenters. The first kappa shape index (κ1) is 20.5. The topological polar surface area (TPSA) is 107 Å². The van der Waals surface area contributed by atoms with E-state index in [9.17, 15) is 5.11 Å². The molecule has 1 N–H and O–H groups in total. The largest absolute Gasteiger partial charge is 1.00 e. The Morgan fingerprint density at radius 3 is 2.53 bits per heavy atom. The number of aromatic hydroxyl groups is 1. The Morgan fingerprint density at radius 1 is 1.03 bits per heavy atom. The van der Waals surface area contributed by atoms with Crippen LogP contribution >= 0.6 is 0 Å². The fourth-order valence-corrected chi connectivity index (χ4v) is 3.33. The van der Waals surface area contributed by atoms with E-state index in [2.05, 4.69) is 30.3 Å². The minimum atomic E-state index is 0. The van der Waals surface area contributed by atoms with Gasteiger partial charge in [-0.1, -0.05) is 5.21 Å². The monoisotopic (exact) mass is 414 g/mol. The van der Waals surface area contributed by atoms with Crippen LogP contribution in [0.15, 0.2) is 55.2 Å². The quantitative estimate of drug-likeness (QED) is 0.405. The van der Waals surface area contributed by atoms with Crippen LogP contribution in [0.2, 0.25) is 0 Å². The minimum absolute atomic E-state index is 0. The first-order chi connectivity index (χ1) is 14.3. The molecule has 0 bridgehead atoms. The predicted octanol–water partition coefficient (Wildman–Crippen LogP) is -1.43. The van der Waals surface area contributed by atoms with Crippen LogP contribution in [-0.4, -0.2) is 66.2 Å². The van der Waals surface area contributed by atoms with Crippen molar-refractivity contribution in [2.75, 3.05) is 31.2 Å². The Kier molecular flexibility index (Phi) is 6.09. The van der Waals surface area contributed by atoms with Crippen molar-refractivity contribution in [1.82, 2.24) is 34.7 Å². The number of phenols is 1. The van der Waals surface area contributed by atoms with Crippen LogP contribution in [0.3, 0.4) is 0 Å². The van der Waals surface area contributed by atoms with Gasteiger partial charge < -0.3 is 16.2 Å². The maximum Gasteiger partial charge on any atom is 1.00 e. The molecule has 0 aliphatic carbocycles. The van der Waals surface area contributed by atoms with Gasteiger partial charge in [-0.15, -0.1) is 5.10 Å². The Balaban J connectivity index is 0.00000136. The first-order valence-corrected chi connectivity index (χ1v) is 9.19. The molecule has 3 aromatic heterocycles. The molecule has 4 heterocycles. The molecule has 1 aliphatic heterocycles. The molecule has 1 aromatic carbocycles. The van der Waals surface area contributed by atoms with E-state index in [-0.39, 0.29) is 36.7 Å². The van der Waals surface area contributed by atoms with E-state index < -0.39 is 0 Å². The number of aromatic nitrogens is 7. The number of phenolic OH excluding ortho intramolecular Hbond substituents is 1. The summed E-state index contributed by atoms with van der Waals surface area (Å²) in [4.78, 5) is 11.0. The van der Waals surface area contributed by atoms with Crippen molar-refractivity contribution in [2.45, 2.75) is 0 Å². The van der Waals surface area contributed by atoms with Crippen LogP contribution < -0.4 is 34.5 Å². The molecule has 0 radical (unpaired) electrons. The van der Waals surface area contributed by atoms with Gasteiger partial charge in [-0.05, 0) is 24.3 Å². The van der Waals surface area contributed by atoms with Gasteiger partial charge in [0.05, 0.1) is 31.8 Å². The Morgan fingerprint density at radius 2 is 1.80 bits per heavy atom. The van der Waals surface area contributed by atoms with E-state index in [1.165, 1.54) is 6.33 Å². The summed E-state index contributed by atoms with van der Waals surface area (Å²) in [6.45, 7) is 2.92. The second kappa shape index (κ2) is 8.92. The molecule has 5 rings (SSSR count). The molecule has 1 saturated heterocycles. The van der Waals surface area contributed by atoms with Crippen molar-refractivity contribution in [3.8, 4) is 28.5 Å². The third-order valence-corrected chi connectivity index (χ3v) is 4.75. The van der Waals surface area contributed by atoms with Crippen LogP contribution in [-0.2, 0) is 4.74 Å². The van der Waals surface area contributed by atoms with E-state index in [1.54, 1.807) is 40.1 Å². The molecule has 148 valence electrons. The fourth-order valence-electron chi connectivity index (χ4n) is 3.33. The third kappa shape index (κ3) is 3.94. The third-order valence-electron chi connectivity index (χ3n) is 4.75. The van der Waals surface area contributed by atoms with Gasteiger partial charge in [-0.3, -0.25) is 0 Å². The van der Waals surface area contributed by atoms with Gasteiger partial charge in [0.2, 0.25) is 0 Å². The standard InChI is InChI=1S/C19H18N8O2.Na.H/c28-15-3-1-14(2-4-15)19-16(26-6-5-22-24-26)12-23-27(19)18-11-17(20-13-21-18)25-7-9-29-10-8-25;;/h1-6,11-13,28H,7-10H2;;/q;+1;-1. The number of morpholine rings is 1. The summed E-state index contributed by atoms with van der Waals surface area (Å²) in [7, 11) is 0. The van der Waals surface area contributed by atoms with E-state index in [1.807, 2.05) is 18.2 Å². The van der Waals surface area contributed by atoms with Gasteiger partial charge in [0.15, 0.2) is 5.82 Å². The van der Waals surface area contributed by atoms with Gasteiger partial charge >= 0.3 is 29.6 Å². The van der Waals surface area contributed by atoms with E-state index in [0.29, 0.717) is 19.0 Å². The number of hydrogen-bond acceptors (Lipinski definition) is 8. The summed E-state index contributed by atoms with van der Waals surface area (Å²) >= 11 is 0. The second-order valence-electron chi connectivity index (χ2n) is 6.52. The van der Waals surface area contributed by atoms with Gasteiger partial charge in [0.25, 0.3) is 0 Å². The number of anilines is 1. The number of hydrogen-bond donors (Lipinski definition) is 1. The van der Waals surface area contributed by atoms with Crippen molar-refractivity contribution >= 4 is 5.82 Å². The van der Waals surface area contributed by atoms with Crippen LogP contribution in [0.5, 0.6) is 5.75 Å². The van der Waals surface area contributed by atoms with Crippen molar-refractivity contribution < 1.29 is 40.8 Å². The zero-order chi connectivity index (χ0) is 19.6. The van der Waals surface area contributed by atoms with Crippen molar-refractivity contribution in [2.24, 2.45) is 0 Å². The smallest absolute Gasteiger partial charge is 1.00 e. The summed E-state index contributed by atoms with van der Waals surface area (Å²) in [5.41, 5.74) is 2.39. The van der Waals surface area contributed by atoms with Crippen LogP contribution in [0.25, 0.3) is 22.8 Å². The molecular formula is C19H19N8NaO2. The SMILES string of the molecule is Oc1ccc(-c2c(-n3ccnn3)cnn2-c2cc(N3CCOCC3)ncn2)cc1.[H-].[Na+]. The van der Waals surface area contributed by atoms with Crippen LogP contribution in [0.1, 0.15) is 1.43 Å². The number of ether oxygens (including phenoxy) is 1. The van der Waals surface area contributed by atoms with Gasteiger partial charge in [0.1, 0.15) is 29.3 Å². The Labute approximate surface area is 195 Å². The molecule has 0 atom stereocenters. The van der Waals surface area contributed by atoms with Gasteiger partial charge in [0, 0.05) is 24.7 Å². The Hall–Kier alpha value is -2.79. The molecule has 1 aliphatic rings. The molecule has 10 nitrogen and oxygen atoms in total. The van der Waals surface area contributed by atoms with Crippen molar-refractivity contribution in [1.29, 1.82) is 0 Å². The predicted molar refractivity (Wildman–Crippen MR) is 105 cm³/mol. The average molecular weight is 414 g/mol. The van der Waals surface area contributed by atoms with Crippen LogP contribution in [0, 0.1) is 0 Å². The maximum atomic E-state index is 9.69. The normalized spacial score (nSPS) is 13.8. The van der Waals surface area contributed by atoms with Crippen molar-refractivity contribution in [3.05, 3.63) is 55.2 Å². The van der Waals surface area contributed by atoms with Crippen LogP contribution in [0.4, 0.5) is 5.82 Å². The molecule has 30 heavy (non-hydrogen) atoms. The first-order valence-electron chi connectivity index (χ1n) is 9.19. The summed E-state index contributed by atoms with van der Waals surface area (Å²) in [5.74, 6) is 1.66. The summed E-state index contributed by atoms with van der Waals surface area (Å²) < 4.78 is 8.82. The Bertz CT molecular complexity index is 1110. The summed E-state index contributed by atoms with van der Waals surface area (Å²) in [6.07, 6.45) is 6.62. The zero-order valence-electron chi connectivity index (χ0n) is 17.5. The van der Waals surface area contributed by atoms with E-state index in [0.717, 1.165) is 35.9 Å². The van der Waals surface area contributed by atoms with Crippen molar-refractivity contribution in [3.63, 3.8) is 0 Å². The number of benzene rings is 1. The van der Waals surface area contributed by atoms with Gasteiger partial charge in [-0.2, -0.15) is 5.10 Å². The zero-order valence-corrected chi connectivity index (χ0v) is 18.5. The molecule has 0 amide bonds.